The summed E-state index contributed by atoms with van der Waals surface area (Å²) in [6, 6.07) is 1.32. The molecule has 2 rings (SSSR count). The fourth-order valence-electron chi connectivity index (χ4n) is 2.02. The summed E-state index contributed by atoms with van der Waals surface area (Å²) in [5, 5.41) is 10.3. The SMILES string of the molecule is CCOc1c(C2(C)OC=CO2)cc(Cl)c(F)c1/C=C/[N+](=O)[O-]. The summed E-state index contributed by atoms with van der Waals surface area (Å²) in [6.07, 6.45) is 4.26. The summed E-state index contributed by atoms with van der Waals surface area (Å²) in [4.78, 5) is 9.80. The zero-order valence-corrected chi connectivity index (χ0v) is 12.6. The van der Waals surface area contributed by atoms with Crippen molar-refractivity contribution in [3.05, 3.63) is 56.9 Å². The summed E-state index contributed by atoms with van der Waals surface area (Å²) in [6.45, 7) is 3.52. The molecule has 1 aromatic carbocycles. The highest BCUT2D eigenvalue weighted by molar-refractivity contribution is 6.31. The highest BCUT2D eigenvalue weighted by Gasteiger charge is 2.37. The summed E-state index contributed by atoms with van der Waals surface area (Å²) < 4.78 is 30.4. The smallest absolute Gasteiger partial charge is 0.277 e. The highest BCUT2D eigenvalue weighted by Crippen LogP contribution is 2.42. The monoisotopic (exact) mass is 329 g/mol. The maximum atomic E-state index is 14.2. The first-order valence-electron chi connectivity index (χ1n) is 6.36. The fourth-order valence-corrected chi connectivity index (χ4v) is 2.23. The van der Waals surface area contributed by atoms with E-state index in [0.717, 1.165) is 6.08 Å². The van der Waals surface area contributed by atoms with Crippen LogP contribution in [0.5, 0.6) is 5.75 Å². The predicted octanol–water partition coefficient (Wildman–Crippen LogP) is 3.82. The van der Waals surface area contributed by atoms with Crippen molar-refractivity contribution >= 4 is 17.7 Å². The van der Waals surface area contributed by atoms with Crippen molar-refractivity contribution in [2.75, 3.05) is 6.61 Å². The standard InChI is InChI=1S/C14H13ClFNO5/c1-3-20-13-9(4-5-17(18)19)12(16)11(15)8-10(13)14(2)21-6-7-22-14/h4-8H,3H2,1-2H3/b5-4+. The van der Waals surface area contributed by atoms with E-state index in [4.69, 9.17) is 25.8 Å². The van der Waals surface area contributed by atoms with Gasteiger partial charge in [0.05, 0.1) is 27.7 Å². The second kappa shape index (κ2) is 6.23. The molecule has 0 fully saturated rings. The molecular formula is C14H13ClFNO5. The molecule has 0 spiro atoms. The van der Waals surface area contributed by atoms with Crippen molar-refractivity contribution < 1.29 is 23.5 Å². The van der Waals surface area contributed by atoms with Crippen LogP contribution in [0.1, 0.15) is 25.0 Å². The van der Waals surface area contributed by atoms with E-state index in [-0.39, 0.29) is 22.9 Å². The zero-order chi connectivity index (χ0) is 16.3. The van der Waals surface area contributed by atoms with E-state index in [1.807, 2.05) is 0 Å². The largest absolute Gasteiger partial charge is 0.493 e. The lowest BCUT2D eigenvalue weighted by Gasteiger charge is -2.26. The minimum absolute atomic E-state index is 0.0775. The molecule has 1 heterocycles. The van der Waals surface area contributed by atoms with Gasteiger partial charge in [-0.1, -0.05) is 11.6 Å². The molecule has 118 valence electrons. The molecule has 6 nitrogen and oxygen atoms in total. The lowest BCUT2D eigenvalue weighted by atomic mass is 10.0. The average Bonchev–Trinajstić information content (AvgIpc) is 2.90. The number of ether oxygens (including phenoxy) is 3. The van der Waals surface area contributed by atoms with E-state index in [1.165, 1.54) is 18.6 Å². The van der Waals surface area contributed by atoms with Crippen molar-refractivity contribution in [1.82, 2.24) is 0 Å². The lowest BCUT2D eigenvalue weighted by Crippen LogP contribution is -2.24. The van der Waals surface area contributed by atoms with Crippen molar-refractivity contribution in [3.8, 4) is 5.75 Å². The van der Waals surface area contributed by atoms with Gasteiger partial charge in [0.25, 0.3) is 5.79 Å². The molecular weight excluding hydrogens is 317 g/mol. The summed E-state index contributed by atoms with van der Waals surface area (Å²) in [7, 11) is 0. The van der Waals surface area contributed by atoms with Gasteiger partial charge in [0, 0.05) is 13.0 Å². The fraction of sp³-hybridized carbons (Fsp3) is 0.286. The van der Waals surface area contributed by atoms with Crippen LogP contribution in [-0.4, -0.2) is 11.5 Å². The van der Waals surface area contributed by atoms with Gasteiger partial charge >= 0.3 is 0 Å². The van der Waals surface area contributed by atoms with Crippen LogP contribution in [0.15, 0.2) is 24.8 Å². The molecule has 1 aliphatic rings. The number of nitrogens with zero attached hydrogens (tertiary/aromatic N) is 1. The second-order valence-corrected chi connectivity index (χ2v) is 4.86. The quantitative estimate of drug-likeness (QED) is 0.606. The Labute approximate surface area is 130 Å². The molecule has 0 radical (unpaired) electrons. The van der Waals surface area contributed by atoms with E-state index in [9.17, 15) is 14.5 Å². The van der Waals surface area contributed by atoms with Gasteiger partial charge < -0.3 is 14.2 Å². The van der Waals surface area contributed by atoms with Crippen LogP contribution >= 0.6 is 11.6 Å². The number of halogens is 2. The number of rotatable bonds is 5. The van der Waals surface area contributed by atoms with Crippen LogP contribution in [0.4, 0.5) is 4.39 Å². The van der Waals surface area contributed by atoms with Gasteiger partial charge in [0.15, 0.2) is 5.82 Å². The van der Waals surface area contributed by atoms with Crippen molar-refractivity contribution in [3.63, 3.8) is 0 Å². The third kappa shape index (κ3) is 2.99. The van der Waals surface area contributed by atoms with E-state index in [2.05, 4.69) is 0 Å². The number of hydrogen-bond donors (Lipinski definition) is 0. The molecule has 0 saturated heterocycles. The Balaban J connectivity index is 2.65. The lowest BCUT2D eigenvalue weighted by molar-refractivity contribution is -0.401. The van der Waals surface area contributed by atoms with Crippen molar-refractivity contribution in [1.29, 1.82) is 0 Å². The van der Waals surface area contributed by atoms with E-state index >= 15 is 0 Å². The van der Waals surface area contributed by atoms with Crippen LogP contribution in [0.2, 0.25) is 5.02 Å². The minimum atomic E-state index is -1.25. The third-order valence-electron chi connectivity index (χ3n) is 2.99. The molecule has 0 unspecified atom stereocenters. The molecule has 0 aliphatic carbocycles. The predicted molar refractivity (Wildman–Crippen MR) is 77.3 cm³/mol. The second-order valence-electron chi connectivity index (χ2n) is 4.45. The molecule has 1 aromatic rings. The number of nitro groups is 1. The summed E-state index contributed by atoms with van der Waals surface area (Å²) in [5.41, 5.74) is 0.190. The van der Waals surface area contributed by atoms with Crippen LogP contribution < -0.4 is 4.74 Å². The van der Waals surface area contributed by atoms with Gasteiger partial charge in [0.1, 0.15) is 18.3 Å². The molecule has 0 atom stereocenters. The minimum Gasteiger partial charge on any atom is -0.493 e. The Morgan fingerprint density at radius 2 is 2.14 bits per heavy atom. The Morgan fingerprint density at radius 1 is 1.50 bits per heavy atom. The highest BCUT2D eigenvalue weighted by atomic mass is 35.5. The molecule has 22 heavy (non-hydrogen) atoms. The molecule has 0 amide bonds. The summed E-state index contributed by atoms with van der Waals surface area (Å²) in [5.74, 6) is -1.99. The van der Waals surface area contributed by atoms with Crippen LogP contribution in [0.3, 0.4) is 0 Å². The Hall–Kier alpha value is -2.28. The first kappa shape index (κ1) is 16.1. The van der Waals surface area contributed by atoms with Gasteiger partial charge in [-0.05, 0) is 13.0 Å². The van der Waals surface area contributed by atoms with Crippen molar-refractivity contribution in [2.45, 2.75) is 19.6 Å². The Bertz CT molecular complexity index is 651. The molecule has 0 N–H and O–H groups in total. The van der Waals surface area contributed by atoms with Gasteiger partial charge in [-0.15, -0.1) is 0 Å². The number of hydrogen-bond acceptors (Lipinski definition) is 5. The van der Waals surface area contributed by atoms with Gasteiger partial charge in [-0.25, -0.2) is 4.39 Å². The normalized spacial score (nSPS) is 15.6. The van der Waals surface area contributed by atoms with Crippen LogP contribution in [-0.2, 0) is 15.3 Å². The van der Waals surface area contributed by atoms with Crippen LogP contribution in [0.25, 0.3) is 6.08 Å². The van der Waals surface area contributed by atoms with Gasteiger partial charge in [-0.3, -0.25) is 10.1 Å². The van der Waals surface area contributed by atoms with Gasteiger partial charge in [-0.2, -0.15) is 0 Å². The Morgan fingerprint density at radius 3 is 2.68 bits per heavy atom. The topological polar surface area (TPSA) is 70.8 Å². The maximum absolute atomic E-state index is 14.2. The summed E-state index contributed by atoms with van der Waals surface area (Å²) >= 11 is 5.88. The average molecular weight is 330 g/mol. The molecule has 8 heteroatoms. The first-order valence-corrected chi connectivity index (χ1v) is 6.74. The van der Waals surface area contributed by atoms with E-state index in [0.29, 0.717) is 11.8 Å². The van der Waals surface area contributed by atoms with Crippen LogP contribution in [0, 0.1) is 15.9 Å². The molecule has 0 bridgehead atoms. The third-order valence-corrected chi connectivity index (χ3v) is 3.26. The number of benzene rings is 1. The molecule has 0 aromatic heterocycles. The molecule has 0 saturated carbocycles. The van der Waals surface area contributed by atoms with E-state index in [1.54, 1.807) is 13.8 Å². The molecule has 1 aliphatic heterocycles. The first-order chi connectivity index (χ1) is 10.4. The maximum Gasteiger partial charge on any atom is 0.277 e. The van der Waals surface area contributed by atoms with E-state index < -0.39 is 16.5 Å². The van der Waals surface area contributed by atoms with Gasteiger partial charge in [0.2, 0.25) is 6.20 Å². The van der Waals surface area contributed by atoms with Crippen molar-refractivity contribution in [2.24, 2.45) is 0 Å². The Kier molecular flexibility index (Phi) is 4.56. The zero-order valence-electron chi connectivity index (χ0n) is 11.8.